The van der Waals surface area contributed by atoms with E-state index < -0.39 is 11.4 Å². The van der Waals surface area contributed by atoms with Crippen molar-refractivity contribution in [2.45, 2.75) is 5.54 Å². The number of nitrogens with two attached hydrogens (primary N) is 1. The lowest BCUT2D eigenvalue weighted by atomic mass is 9.81. The Morgan fingerprint density at radius 1 is 1.27 bits per heavy atom. The molecule has 0 aromatic heterocycles. The number of benzene rings is 2. The van der Waals surface area contributed by atoms with Crippen LogP contribution in [-0.4, -0.2) is 27.6 Å². The van der Waals surface area contributed by atoms with Gasteiger partial charge in [-0.25, -0.2) is 9.38 Å². The number of ether oxygens (including phenoxy) is 2. The van der Waals surface area contributed by atoms with Crippen LogP contribution in [0.1, 0.15) is 11.1 Å². The minimum absolute atomic E-state index is 0.109. The average Bonchev–Trinajstić information content (AvgIpc) is 2.90. The van der Waals surface area contributed by atoms with Crippen LogP contribution in [0.4, 0.5) is 4.39 Å². The Labute approximate surface area is 129 Å². The predicted octanol–water partition coefficient (Wildman–Crippen LogP) is 0.681. The molecule has 0 saturated heterocycles. The highest BCUT2D eigenvalue weighted by Gasteiger charge is 2.40. The molecule has 3 rings (SSSR count). The van der Waals surface area contributed by atoms with E-state index >= 15 is 0 Å². The van der Waals surface area contributed by atoms with Crippen LogP contribution >= 0.6 is 0 Å². The molecule has 0 radical (unpaired) electrons. The molecule has 0 saturated carbocycles. The number of amidine groups is 1. The molecule has 1 unspecified atom stereocenters. The van der Waals surface area contributed by atoms with E-state index in [0.29, 0.717) is 5.56 Å². The molecule has 0 bridgehead atoms. The van der Waals surface area contributed by atoms with Gasteiger partial charge < -0.3 is 15.2 Å². The Bertz CT molecular complexity index is 751. The van der Waals surface area contributed by atoms with Crippen molar-refractivity contribution in [1.82, 2.24) is 0 Å². The molecule has 2 N–H and O–H groups in total. The van der Waals surface area contributed by atoms with Gasteiger partial charge in [-0.3, -0.25) is 0 Å². The van der Waals surface area contributed by atoms with Crippen LogP contribution in [-0.2, 0) is 10.3 Å². The van der Waals surface area contributed by atoms with E-state index in [-0.39, 0.29) is 18.4 Å². The van der Waals surface area contributed by atoms with Crippen LogP contribution in [0.25, 0.3) is 0 Å². The molecule has 2 aromatic rings. The standard InChI is InChI=1S/C16H16BFN2O2/c1-21-14-6-5-11(8-13(14)18)16(9-22-15(19)20-16)10-3-2-4-12(17)7-10/h2-8H,9,17H2,1H3,(H2,19,20). The SMILES string of the molecule is Bc1cccc(C2(c3ccc(OC)c(F)c3)COC(N)=N2)c1. The molecule has 1 aliphatic rings. The summed E-state index contributed by atoms with van der Waals surface area (Å²) in [5, 5.41) is 0. The lowest BCUT2D eigenvalue weighted by Gasteiger charge is -2.26. The molecule has 22 heavy (non-hydrogen) atoms. The van der Waals surface area contributed by atoms with E-state index in [1.165, 1.54) is 13.2 Å². The molecule has 0 aliphatic carbocycles. The Kier molecular flexibility index (Phi) is 3.52. The molecule has 1 atom stereocenters. The zero-order chi connectivity index (χ0) is 15.7. The van der Waals surface area contributed by atoms with Gasteiger partial charge in [0.1, 0.15) is 14.5 Å². The maximum absolute atomic E-state index is 14.1. The van der Waals surface area contributed by atoms with Crippen LogP contribution in [0.2, 0.25) is 0 Å². The van der Waals surface area contributed by atoms with E-state index in [1.807, 2.05) is 32.1 Å². The van der Waals surface area contributed by atoms with Crippen molar-refractivity contribution in [3.05, 3.63) is 59.4 Å². The summed E-state index contributed by atoms with van der Waals surface area (Å²) in [5.41, 5.74) is 7.58. The Hall–Kier alpha value is -2.50. The van der Waals surface area contributed by atoms with Crippen molar-refractivity contribution >= 4 is 19.3 Å². The fourth-order valence-electron chi connectivity index (χ4n) is 2.72. The molecular weight excluding hydrogens is 282 g/mol. The first-order chi connectivity index (χ1) is 10.5. The van der Waals surface area contributed by atoms with Gasteiger partial charge in [0.25, 0.3) is 6.02 Å². The van der Waals surface area contributed by atoms with Crippen molar-refractivity contribution in [1.29, 1.82) is 0 Å². The highest BCUT2D eigenvalue weighted by Crippen LogP contribution is 2.38. The summed E-state index contributed by atoms with van der Waals surface area (Å²) in [6.07, 6.45) is 0. The van der Waals surface area contributed by atoms with Gasteiger partial charge in [-0.2, -0.15) is 0 Å². The number of aliphatic imine (C=N–C) groups is 1. The van der Waals surface area contributed by atoms with Crippen molar-refractivity contribution in [3.63, 3.8) is 0 Å². The summed E-state index contributed by atoms with van der Waals surface area (Å²) in [6, 6.07) is 12.8. The first-order valence-corrected chi connectivity index (χ1v) is 6.94. The first-order valence-electron chi connectivity index (χ1n) is 6.94. The smallest absolute Gasteiger partial charge is 0.283 e. The van der Waals surface area contributed by atoms with Gasteiger partial charge in [-0.15, -0.1) is 0 Å². The number of halogens is 1. The molecule has 0 spiro atoms. The number of hydrogen-bond donors (Lipinski definition) is 1. The van der Waals surface area contributed by atoms with Gasteiger partial charge in [0.05, 0.1) is 7.11 Å². The Morgan fingerprint density at radius 2 is 2.05 bits per heavy atom. The normalized spacial score (nSPS) is 20.4. The summed E-state index contributed by atoms with van der Waals surface area (Å²) in [7, 11) is 3.43. The predicted molar refractivity (Wildman–Crippen MR) is 85.9 cm³/mol. The molecule has 4 nitrogen and oxygen atoms in total. The third kappa shape index (κ3) is 2.30. The maximum Gasteiger partial charge on any atom is 0.283 e. The van der Waals surface area contributed by atoms with Crippen molar-refractivity contribution in [3.8, 4) is 5.75 Å². The van der Waals surface area contributed by atoms with Gasteiger partial charge >= 0.3 is 0 Å². The Morgan fingerprint density at radius 3 is 2.64 bits per heavy atom. The van der Waals surface area contributed by atoms with E-state index in [9.17, 15) is 4.39 Å². The fourth-order valence-corrected chi connectivity index (χ4v) is 2.72. The zero-order valence-corrected chi connectivity index (χ0v) is 12.5. The number of rotatable bonds is 3. The van der Waals surface area contributed by atoms with Gasteiger partial charge in [0.15, 0.2) is 17.1 Å². The third-order valence-corrected chi connectivity index (χ3v) is 3.85. The molecule has 1 heterocycles. The monoisotopic (exact) mass is 298 g/mol. The lowest BCUT2D eigenvalue weighted by Crippen LogP contribution is -2.28. The second-order valence-electron chi connectivity index (χ2n) is 5.32. The summed E-state index contributed by atoms with van der Waals surface area (Å²) < 4.78 is 24.5. The minimum Gasteiger partial charge on any atom is -0.494 e. The molecular formula is C16H16BFN2O2. The highest BCUT2D eigenvalue weighted by atomic mass is 19.1. The van der Waals surface area contributed by atoms with Gasteiger partial charge in [-0.05, 0) is 23.3 Å². The van der Waals surface area contributed by atoms with Crippen molar-refractivity contribution in [2.75, 3.05) is 13.7 Å². The molecule has 1 aliphatic heterocycles. The second-order valence-corrected chi connectivity index (χ2v) is 5.32. The zero-order valence-electron chi connectivity index (χ0n) is 12.5. The van der Waals surface area contributed by atoms with E-state index in [1.54, 1.807) is 12.1 Å². The molecule has 0 fully saturated rings. The lowest BCUT2D eigenvalue weighted by molar-refractivity contribution is 0.278. The summed E-state index contributed by atoms with van der Waals surface area (Å²) in [4.78, 5) is 4.46. The van der Waals surface area contributed by atoms with Crippen molar-refractivity contribution in [2.24, 2.45) is 10.7 Å². The number of hydrogen-bond acceptors (Lipinski definition) is 4. The molecule has 2 aromatic carbocycles. The quantitative estimate of drug-likeness (QED) is 0.848. The minimum atomic E-state index is -0.830. The van der Waals surface area contributed by atoms with Gasteiger partial charge in [0.2, 0.25) is 0 Å². The second kappa shape index (κ2) is 5.37. The Balaban J connectivity index is 2.18. The van der Waals surface area contributed by atoms with Crippen LogP contribution in [0.5, 0.6) is 5.75 Å². The van der Waals surface area contributed by atoms with Crippen LogP contribution in [0.15, 0.2) is 47.5 Å². The van der Waals surface area contributed by atoms with E-state index in [2.05, 4.69) is 4.99 Å². The third-order valence-electron chi connectivity index (χ3n) is 3.85. The van der Waals surface area contributed by atoms with E-state index in [0.717, 1.165) is 11.0 Å². The number of methoxy groups -OCH3 is 1. The molecule has 6 heteroatoms. The van der Waals surface area contributed by atoms with Gasteiger partial charge in [-0.1, -0.05) is 35.8 Å². The highest BCUT2D eigenvalue weighted by molar-refractivity contribution is 6.32. The molecule has 112 valence electrons. The topological polar surface area (TPSA) is 56.8 Å². The summed E-state index contributed by atoms with van der Waals surface area (Å²) >= 11 is 0. The van der Waals surface area contributed by atoms with Crippen LogP contribution < -0.4 is 15.9 Å². The largest absolute Gasteiger partial charge is 0.494 e. The first kappa shape index (κ1) is 14.4. The van der Waals surface area contributed by atoms with Gasteiger partial charge in [0, 0.05) is 0 Å². The maximum atomic E-state index is 14.1. The average molecular weight is 298 g/mol. The van der Waals surface area contributed by atoms with Crippen LogP contribution in [0, 0.1) is 5.82 Å². The fraction of sp³-hybridized carbons (Fsp3) is 0.188. The number of nitrogens with zero attached hydrogens (tertiary/aromatic N) is 1. The molecule has 0 amide bonds. The summed E-state index contributed by atoms with van der Waals surface area (Å²) in [6.45, 7) is 0.244. The van der Waals surface area contributed by atoms with Crippen LogP contribution in [0.3, 0.4) is 0 Å². The van der Waals surface area contributed by atoms with E-state index in [4.69, 9.17) is 15.2 Å². The van der Waals surface area contributed by atoms with Crippen molar-refractivity contribution < 1.29 is 13.9 Å². The summed E-state index contributed by atoms with van der Waals surface area (Å²) in [5.74, 6) is -0.244.